The molecular formula is C22H20N10S2+2. The number of fused-ring (bicyclic) bond motifs is 3. The predicted octanol–water partition coefficient (Wildman–Crippen LogP) is 2.33. The molecule has 0 aliphatic carbocycles. The molecule has 0 spiro atoms. The van der Waals surface area contributed by atoms with Gasteiger partial charge in [0.1, 0.15) is 41.3 Å². The Hall–Kier alpha value is -3.64. The van der Waals surface area contributed by atoms with Gasteiger partial charge in [0.2, 0.25) is 23.4 Å². The Morgan fingerprint density at radius 1 is 0.765 bits per heavy atom. The Morgan fingerprint density at radius 2 is 1.50 bits per heavy atom. The summed E-state index contributed by atoms with van der Waals surface area (Å²) in [5.41, 5.74) is 6.81. The number of rotatable bonds is 4. The maximum Gasteiger partial charge on any atom is 0.334 e. The minimum absolute atomic E-state index is 0.522. The van der Waals surface area contributed by atoms with E-state index in [-0.39, 0.29) is 0 Å². The van der Waals surface area contributed by atoms with Crippen LogP contribution in [-0.2, 0) is 13.1 Å². The minimum atomic E-state index is 0.522. The molecule has 0 aromatic carbocycles. The summed E-state index contributed by atoms with van der Waals surface area (Å²) in [5.74, 6) is 2.16. The molecule has 168 valence electrons. The van der Waals surface area contributed by atoms with Crippen molar-refractivity contribution >= 4 is 56.5 Å². The lowest BCUT2D eigenvalue weighted by Gasteiger charge is -2.04. The van der Waals surface area contributed by atoms with Crippen LogP contribution in [0.5, 0.6) is 0 Å². The normalized spacial score (nSPS) is 11.8. The molecule has 0 fully saturated rings. The summed E-state index contributed by atoms with van der Waals surface area (Å²) in [4.78, 5) is 27.8. The number of hydrogen-bond acceptors (Lipinski definition) is 10. The molecule has 6 aromatic heterocycles. The van der Waals surface area contributed by atoms with Crippen molar-refractivity contribution in [2.75, 3.05) is 0 Å². The zero-order chi connectivity index (χ0) is 23.4. The van der Waals surface area contributed by atoms with Gasteiger partial charge in [-0.25, -0.2) is 24.5 Å². The second-order valence-corrected chi connectivity index (χ2v) is 9.51. The van der Waals surface area contributed by atoms with E-state index < -0.39 is 0 Å². The van der Waals surface area contributed by atoms with Crippen LogP contribution in [0.25, 0.3) is 33.2 Å². The first kappa shape index (κ1) is 20.9. The fraction of sp³-hybridized carbons (Fsp3) is 0.273. The Balaban J connectivity index is 1.45. The van der Waals surface area contributed by atoms with Gasteiger partial charge < -0.3 is 0 Å². The smallest absolute Gasteiger partial charge is 0.232 e. The highest BCUT2D eigenvalue weighted by Crippen LogP contribution is 2.19. The summed E-state index contributed by atoms with van der Waals surface area (Å²) in [6, 6.07) is 4.05. The van der Waals surface area contributed by atoms with Crippen LogP contribution in [0, 0.1) is 27.7 Å². The fourth-order valence-electron chi connectivity index (χ4n) is 4.14. The monoisotopic (exact) mass is 488 g/mol. The van der Waals surface area contributed by atoms with Crippen LogP contribution >= 0.6 is 23.3 Å². The maximum absolute atomic E-state index is 4.74. The Labute approximate surface area is 202 Å². The molecule has 10 nitrogen and oxygen atoms in total. The molecule has 0 saturated heterocycles. The summed E-state index contributed by atoms with van der Waals surface area (Å²) >= 11 is 2.75. The first-order chi connectivity index (χ1) is 16.5. The van der Waals surface area contributed by atoms with Gasteiger partial charge in [0.25, 0.3) is 5.52 Å². The van der Waals surface area contributed by atoms with Crippen LogP contribution in [0.2, 0.25) is 0 Å². The van der Waals surface area contributed by atoms with Crippen LogP contribution < -0.4 is 8.52 Å². The lowest BCUT2D eigenvalue weighted by Crippen LogP contribution is -2.37. The van der Waals surface area contributed by atoms with Gasteiger partial charge in [0.05, 0.1) is 17.3 Å². The lowest BCUT2D eigenvalue weighted by molar-refractivity contribution is -0.664. The summed E-state index contributed by atoms with van der Waals surface area (Å²) in [5, 5.41) is 2.97. The second-order valence-electron chi connectivity index (χ2n) is 8.09. The largest absolute Gasteiger partial charge is 0.334 e. The molecule has 0 amide bonds. The van der Waals surface area contributed by atoms with Gasteiger partial charge in [-0.15, -0.1) is 0 Å². The van der Waals surface area contributed by atoms with Crippen molar-refractivity contribution in [3.05, 3.63) is 58.3 Å². The highest BCUT2D eigenvalue weighted by molar-refractivity contribution is 7.04. The molecule has 0 N–H and O–H groups in total. The van der Waals surface area contributed by atoms with Gasteiger partial charge in [0.15, 0.2) is 0 Å². The number of nitrogens with zero attached hydrogens (tertiary/aromatic N) is 10. The second kappa shape index (κ2) is 7.99. The molecule has 0 aliphatic rings. The maximum atomic E-state index is 4.74. The molecule has 12 heteroatoms. The number of pyridine rings is 1. The van der Waals surface area contributed by atoms with Gasteiger partial charge in [-0.1, -0.05) is 4.98 Å². The molecule has 34 heavy (non-hydrogen) atoms. The van der Waals surface area contributed by atoms with Crippen molar-refractivity contribution in [3.63, 3.8) is 0 Å². The topological polar surface area (TPSA) is 111 Å². The number of aromatic nitrogens is 10. The Kier molecular flexibility index (Phi) is 4.92. The number of hydrogen-bond donors (Lipinski definition) is 0. The van der Waals surface area contributed by atoms with Gasteiger partial charge >= 0.3 is 11.3 Å². The molecule has 6 aromatic rings. The number of aryl methyl sites for hydroxylation is 4. The molecular weight excluding hydrogens is 468 g/mol. The molecule has 0 radical (unpaired) electrons. The molecule has 6 heterocycles. The lowest BCUT2D eigenvalue weighted by atomic mass is 10.2. The Bertz CT molecular complexity index is 1720. The molecule has 0 saturated carbocycles. The van der Waals surface area contributed by atoms with Gasteiger partial charge in [0, 0.05) is 19.2 Å². The van der Waals surface area contributed by atoms with Crippen molar-refractivity contribution < 1.29 is 8.52 Å². The quantitative estimate of drug-likeness (QED) is 0.348. The molecule has 0 bridgehead atoms. The summed E-state index contributed by atoms with van der Waals surface area (Å²) in [6.45, 7) is 8.77. The minimum Gasteiger partial charge on any atom is -0.232 e. The van der Waals surface area contributed by atoms with Gasteiger partial charge in [-0.2, -0.15) is 8.33 Å². The van der Waals surface area contributed by atoms with E-state index in [0.717, 1.165) is 62.0 Å². The van der Waals surface area contributed by atoms with E-state index in [2.05, 4.69) is 23.9 Å². The summed E-state index contributed by atoms with van der Waals surface area (Å²) in [6.07, 6.45) is 2.01. The third kappa shape index (κ3) is 3.55. The zero-order valence-corrected chi connectivity index (χ0v) is 20.6. The van der Waals surface area contributed by atoms with Crippen LogP contribution in [0.1, 0.15) is 34.6 Å². The summed E-state index contributed by atoms with van der Waals surface area (Å²) in [7, 11) is 0. The van der Waals surface area contributed by atoms with Crippen molar-refractivity contribution in [3.8, 4) is 0 Å². The first-order valence-corrected chi connectivity index (χ1v) is 12.3. The van der Waals surface area contributed by atoms with E-state index >= 15 is 0 Å². The molecule has 0 atom stereocenters. The van der Waals surface area contributed by atoms with Crippen molar-refractivity contribution in [1.29, 1.82) is 0 Å². The van der Waals surface area contributed by atoms with Crippen molar-refractivity contribution in [2.24, 2.45) is 0 Å². The van der Waals surface area contributed by atoms with E-state index in [9.17, 15) is 0 Å². The third-order valence-electron chi connectivity index (χ3n) is 5.56. The van der Waals surface area contributed by atoms with E-state index in [1.807, 2.05) is 55.4 Å². The van der Waals surface area contributed by atoms with Crippen LogP contribution in [0.15, 0.2) is 23.7 Å². The average molecular weight is 489 g/mol. The highest BCUT2D eigenvalue weighted by Gasteiger charge is 2.25. The molecule has 0 unspecified atom stereocenters. The summed E-state index contributed by atoms with van der Waals surface area (Å²) < 4.78 is 13.4. The standard InChI is InChI=1S/C22H20N10S2/c1-11-15-6-5-7-31(21(15)27-12(2)23-11)8-16-20-22(28-14(4)25-16)32(34-30-20)9-17-19-18(10-33-29-19)26-13(3)24-17/h5-7,10H,8-9H2,1-4H3/q+2. The van der Waals surface area contributed by atoms with E-state index in [0.29, 0.717) is 18.9 Å². The fourth-order valence-corrected chi connectivity index (χ4v) is 5.52. The van der Waals surface area contributed by atoms with Gasteiger partial charge in [-0.05, 0) is 46.9 Å². The van der Waals surface area contributed by atoms with E-state index in [1.165, 1.54) is 23.3 Å². The van der Waals surface area contributed by atoms with Crippen LogP contribution in [0.4, 0.5) is 0 Å². The Morgan fingerprint density at radius 3 is 2.35 bits per heavy atom. The first-order valence-electron chi connectivity index (χ1n) is 10.7. The molecule has 6 rings (SSSR count). The van der Waals surface area contributed by atoms with Crippen molar-refractivity contribution in [1.82, 2.24) is 38.7 Å². The SMILES string of the molecule is Cc1nc(C[n+]2snc3c(C[n+]4cccc5c(C)nc(C)nc54)nc(C)nc32)c2nscc2n1. The van der Waals surface area contributed by atoms with Crippen LogP contribution in [0.3, 0.4) is 0 Å². The zero-order valence-electron chi connectivity index (χ0n) is 19.0. The average Bonchev–Trinajstić information content (AvgIpc) is 3.41. The van der Waals surface area contributed by atoms with E-state index in [1.54, 1.807) is 0 Å². The molecule has 0 aliphatic heterocycles. The highest BCUT2D eigenvalue weighted by atomic mass is 32.1. The van der Waals surface area contributed by atoms with Crippen molar-refractivity contribution in [2.45, 2.75) is 40.8 Å². The van der Waals surface area contributed by atoms with Crippen LogP contribution in [-0.4, -0.2) is 38.7 Å². The third-order valence-corrected chi connectivity index (χ3v) is 6.94. The predicted molar refractivity (Wildman–Crippen MR) is 128 cm³/mol. The van der Waals surface area contributed by atoms with Gasteiger partial charge in [-0.3, -0.25) is 0 Å². The van der Waals surface area contributed by atoms with E-state index in [4.69, 9.17) is 19.3 Å².